The third-order valence-electron chi connectivity index (χ3n) is 7.84. The molecule has 4 N–H and O–H groups in total. The smallest absolute Gasteiger partial charge is 0.182 e. The zero-order valence-electron chi connectivity index (χ0n) is 25.6. The van der Waals surface area contributed by atoms with Gasteiger partial charge in [0.05, 0.1) is 38.8 Å². The molecule has 0 saturated carbocycles. The molecule has 0 aliphatic carbocycles. The van der Waals surface area contributed by atoms with Gasteiger partial charge in [-0.05, 0) is 59.7 Å². The van der Waals surface area contributed by atoms with Crippen LogP contribution in [0.2, 0.25) is 10.0 Å². The van der Waals surface area contributed by atoms with Crippen molar-refractivity contribution in [3.8, 4) is 22.5 Å². The Kier molecular flexibility index (Phi) is 9.08. The normalized spacial score (nSPS) is 11.1. The molecule has 8 aromatic rings. The van der Waals surface area contributed by atoms with Crippen molar-refractivity contribution in [2.24, 2.45) is 5.73 Å². The first-order chi connectivity index (χ1) is 23.9. The summed E-state index contributed by atoms with van der Waals surface area (Å²) in [7, 11) is 0. The minimum absolute atomic E-state index is 0.300. The van der Waals surface area contributed by atoms with Crippen molar-refractivity contribution in [2.75, 3.05) is 5.32 Å². The monoisotopic (exact) mass is 690 g/mol. The Morgan fingerprint density at radius 1 is 0.673 bits per heavy atom. The molecule has 0 aliphatic rings. The van der Waals surface area contributed by atoms with E-state index < -0.39 is 0 Å². The van der Waals surface area contributed by atoms with Crippen LogP contribution < -0.4 is 11.1 Å². The third-order valence-corrected chi connectivity index (χ3v) is 8.45. The van der Waals surface area contributed by atoms with Crippen LogP contribution in [0.25, 0.3) is 55.5 Å². The van der Waals surface area contributed by atoms with Gasteiger partial charge in [-0.1, -0.05) is 71.7 Å². The van der Waals surface area contributed by atoms with Crippen LogP contribution >= 0.6 is 23.2 Å². The number of para-hydroxylation sites is 2. The van der Waals surface area contributed by atoms with Gasteiger partial charge >= 0.3 is 0 Å². The zero-order valence-corrected chi connectivity index (χ0v) is 27.1. The summed E-state index contributed by atoms with van der Waals surface area (Å²) in [5.41, 5.74) is 12.9. The number of anilines is 1. The number of rotatable bonds is 6. The number of nitrogens with zero attached hydrogens (tertiary/aromatic N) is 5. The molecule has 0 spiro atoms. The van der Waals surface area contributed by atoms with Crippen LogP contribution in [0.5, 0.6) is 0 Å². The van der Waals surface area contributed by atoms with E-state index in [1.165, 1.54) is 30.6 Å². The number of hydrogen-bond acceptors (Lipinski definition) is 7. The Hall–Kier alpha value is -5.55. The lowest BCUT2D eigenvalue weighted by molar-refractivity contribution is 0.628. The van der Waals surface area contributed by atoms with E-state index in [-0.39, 0.29) is 11.6 Å². The van der Waals surface area contributed by atoms with Crippen molar-refractivity contribution in [3.05, 3.63) is 143 Å². The van der Waals surface area contributed by atoms with Gasteiger partial charge in [-0.2, -0.15) is 0 Å². The molecule has 4 aromatic heterocycles. The molecule has 0 unspecified atom stereocenters. The molecule has 0 atom stereocenters. The molecule has 0 fully saturated rings. The van der Waals surface area contributed by atoms with Crippen molar-refractivity contribution in [2.45, 2.75) is 13.1 Å². The lowest BCUT2D eigenvalue weighted by atomic mass is 10.0. The third kappa shape index (κ3) is 6.75. The number of nitrogens with one attached hydrogen (secondary N) is 2. The topological polar surface area (TPSA) is 118 Å². The predicted octanol–water partition coefficient (Wildman–Crippen LogP) is 9.13. The molecule has 0 radical (unpaired) electrons. The molecular formula is C37H26Cl2F2N8. The molecule has 0 aliphatic heterocycles. The number of pyridine rings is 2. The number of imidazole rings is 1. The molecule has 49 heavy (non-hydrogen) atoms. The molecule has 8 nitrogen and oxygen atoms in total. The number of nitrogens with two attached hydrogens (primary N) is 1. The quantitative estimate of drug-likeness (QED) is 0.159. The first-order valence-electron chi connectivity index (χ1n) is 15.1. The van der Waals surface area contributed by atoms with Crippen molar-refractivity contribution < 1.29 is 8.78 Å². The predicted molar refractivity (Wildman–Crippen MR) is 191 cm³/mol. The van der Waals surface area contributed by atoms with E-state index in [0.29, 0.717) is 68.1 Å². The number of aromatic amines is 1. The van der Waals surface area contributed by atoms with E-state index in [2.05, 4.69) is 30.2 Å². The second kappa shape index (κ2) is 13.9. The fourth-order valence-corrected chi connectivity index (χ4v) is 6.00. The van der Waals surface area contributed by atoms with Crippen LogP contribution in [0.15, 0.2) is 110 Å². The van der Waals surface area contributed by atoms with Gasteiger partial charge in [-0.3, -0.25) is 0 Å². The lowest BCUT2D eigenvalue weighted by Crippen LogP contribution is -2.05. The number of benzene rings is 4. The largest absolute Gasteiger partial charge is 0.364 e. The van der Waals surface area contributed by atoms with Crippen molar-refractivity contribution in [1.82, 2.24) is 29.9 Å². The van der Waals surface area contributed by atoms with Crippen LogP contribution in [0, 0.1) is 11.6 Å². The van der Waals surface area contributed by atoms with Gasteiger partial charge < -0.3 is 16.0 Å². The van der Waals surface area contributed by atoms with Gasteiger partial charge in [0.2, 0.25) is 0 Å². The van der Waals surface area contributed by atoms with Crippen molar-refractivity contribution in [3.63, 3.8) is 0 Å². The molecule has 12 heteroatoms. The van der Waals surface area contributed by atoms with Crippen LogP contribution in [-0.4, -0.2) is 29.9 Å². The Morgan fingerprint density at radius 2 is 1.24 bits per heavy atom. The maximum atomic E-state index is 13.9. The second-order valence-corrected chi connectivity index (χ2v) is 11.8. The van der Waals surface area contributed by atoms with Crippen LogP contribution in [0.4, 0.5) is 14.6 Å². The zero-order chi connectivity index (χ0) is 33.9. The van der Waals surface area contributed by atoms with Gasteiger partial charge in [0.25, 0.3) is 0 Å². The maximum Gasteiger partial charge on any atom is 0.182 e. The van der Waals surface area contributed by atoms with E-state index in [4.69, 9.17) is 33.9 Å². The number of halogens is 4. The summed E-state index contributed by atoms with van der Waals surface area (Å²) in [6, 6.07) is 27.9. The fourth-order valence-electron chi connectivity index (χ4n) is 5.55. The average Bonchev–Trinajstić information content (AvgIpc) is 3.60. The van der Waals surface area contributed by atoms with E-state index in [9.17, 15) is 8.78 Å². The molecule has 0 amide bonds. The summed E-state index contributed by atoms with van der Waals surface area (Å²) < 4.78 is 27.3. The summed E-state index contributed by atoms with van der Waals surface area (Å²) in [5, 5.41) is 6.26. The number of hydrogen-bond donors (Lipinski definition) is 3. The fraction of sp³-hybridized carbons (Fsp3) is 0.0541. The highest BCUT2D eigenvalue weighted by Crippen LogP contribution is 2.31. The van der Waals surface area contributed by atoms with Gasteiger partial charge in [0.15, 0.2) is 11.5 Å². The summed E-state index contributed by atoms with van der Waals surface area (Å²) in [6.45, 7) is 0.758. The standard InChI is InChI=1S/C21H14ClFN6.C16H12ClFN2/c22-16-6-2-4-12-7-14(9-24-20-19-21(26-10-25-19)28-11-27-20)17(29-18(12)16)13-3-1-5-15(23)8-13;17-14-6-2-4-10-7-12(9-19)15(20-16(10)14)11-3-1-5-13(18)8-11/h1-8,10-11H,9H2,(H2,24,25,26,27,28);1-8H,9,19H2. The average molecular weight is 692 g/mol. The molecule has 4 heterocycles. The van der Waals surface area contributed by atoms with Gasteiger partial charge in [-0.15, -0.1) is 0 Å². The summed E-state index contributed by atoms with van der Waals surface area (Å²) in [6.07, 6.45) is 3.03. The maximum absolute atomic E-state index is 13.9. The second-order valence-electron chi connectivity index (χ2n) is 11.0. The van der Waals surface area contributed by atoms with E-state index in [1.807, 2.05) is 48.5 Å². The SMILES string of the molecule is Fc1cccc(-c2nc3c(Cl)cccc3cc2CNc2ncnc3nc[nH]c23)c1.NCc1cc2cccc(Cl)c2nc1-c1cccc(F)c1. The molecule has 0 bridgehead atoms. The highest BCUT2D eigenvalue weighted by molar-refractivity contribution is 6.35. The number of H-pyrrole nitrogens is 1. The van der Waals surface area contributed by atoms with Crippen LogP contribution in [0.1, 0.15) is 11.1 Å². The Balaban J connectivity index is 0.000000166. The Labute approximate surface area is 289 Å². The van der Waals surface area contributed by atoms with E-state index in [0.717, 1.165) is 27.4 Å². The summed E-state index contributed by atoms with van der Waals surface area (Å²) >= 11 is 12.5. The van der Waals surface area contributed by atoms with Crippen molar-refractivity contribution in [1.29, 1.82) is 0 Å². The first kappa shape index (κ1) is 32.0. The molecule has 0 saturated heterocycles. The number of fused-ring (bicyclic) bond motifs is 3. The van der Waals surface area contributed by atoms with Gasteiger partial charge in [0.1, 0.15) is 23.5 Å². The first-order valence-corrected chi connectivity index (χ1v) is 15.9. The van der Waals surface area contributed by atoms with E-state index in [1.54, 1.807) is 30.6 Å². The minimum atomic E-state index is -0.322. The molecular weight excluding hydrogens is 665 g/mol. The molecule has 4 aromatic carbocycles. The molecule has 242 valence electrons. The highest BCUT2D eigenvalue weighted by atomic mass is 35.5. The van der Waals surface area contributed by atoms with Crippen molar-refractivity contribution >= 4 is 62.0 Å². The van der Waals surface area contributed by atoms with E-state index >= 15 is 0 Å². The summed E-state index contributed by atoms with van der Waals surface area (Å²) in [5.74, 6) is 0.00726. The molecule has 8 rings (SSSR count). The lowest BCUT2D eigenvalue weighted by Gasteiger charge is -2.13. The highest BCUT2D eigenvalue weighted by Gasteiger charge is 2.14. The van der Waals surface area contributed by atoms with Crippen LogP contribution in [0.3, 0.4) is 0 Å². The minimum Gasteiger partial charge on any atom is -0.364 e. The van der Waals surface area contributed by atoms with Crippen LogP contribution in [-0.2, 0) is 13.1 Å². The summed E-state index contributed by atoms with van der Waals surface area (Å²) in [4.78, 5) is 24.9. The van der Waals surface area contributed by atoms with Gasteiger partial charge in [0, 0.05) is 35.0 Å². The number of aromatic nitrogens is 6. The van der Waals surface area contributed by atoms with Gasteiger partial charge in [-0.25, -0.2) is 33.7 Å². The Bertz CT molecular complexity index is 2470. The Morgan fingerprint density at radius 3 is 1.84 bits per heavy atom.